The lowest BCUT2D eigenvalue weighted by atomic mass is 10.1. The maximum atomic E-state index is 13.2. The highest BCUT2D eigenvalue weighted by Crippen LogP contribution is 2.22. The Kier molecular flexibility index (Phi) is 3.47. The summed E-state index contributed by atoms with van der Waals surface area (Å²) in [6.07, 6.45) is 0. The van der Waals surface area contributed by atoms with Crippen molar-refractivity contribution in [2.24, 2.45) is 0 Å². The van der Waals surface area contributed by atoms with E-state index in [1.54, 1.807) is 6.07 Å². The molecule has 0 aromatic heterocycles. The molecule has 2 nitrogen and oxygen atoms in total. The van der Waals surface area contributed by atoms with Gasteiger partial charge in [-0.25, -0.2) is 4.39 Å². The molecule has 0 amide bonds. The molecular weight excluding hydrogens is 239 g/mol. The summed E-state index contributed by atoms with van der Waals surface area (Å²) >= 11 is 0. The molecule has 0 saturated heterocycles. The van der Waals surface area contributed by atoms with E-state index >= 15 is 0 Å². The summed E-state index contributed by atoms with van der Waals surface area (Å²) in [4.78, 5) is 2.38. The summed E-state index contributed by atoms with van der Waals surface area (Å²) in [5, 5.41) is 3.30. The van der Waals surface area contributed by atoms with Crippen LogP contribution in [0.2, 0.25) is 0 Å². The fraction of sp³-hybridized carbons (Fsp3) is 0.250. The van der Waals surface area contributed by atoms with Crippen molar-refractivity contribution in [3.05, 3.63) is 65.5 Å². The zero-order valence-corrected chi connectivity index (χ0v) is 10.8. The molecule has 19 heavy (non-hydrogen) atoms. The predicted molar refractivity (Wildman–Crippen MR) is 75.4 cm³/mol. The highest BCUT2D eigenvalue weighted by atomic mass is 19.1. The lowest BCUT2D eigenvalue weighted by molar-refractivity contribution is 0.272. The van der Waals surface area contributed by atoms with Crippen LogP contribution in [0, 0.1) is 5.82 Å². The fourth-order valence-electron chi connectivity index (χ4n) is 2.50. The van der Waals surface area contributed by atoms with Crippen LogP contribution < -0.4 is 5.32 Å². The first kappa shape index (κ1) is 12.2. The van der Waals surface area contributed by atoms with E-state index in [9.17, 15) is 4.39 Å². The molecule has 2 aromatic carbocycles. The average Bonchev–Trinajstić information content (AvgIpc) is 2.61. The Bertz CT molecular complexity index is 554. The number of nitrogens with one attached hydrogen (secondary N) is 1. The van der Waals surface area contributed by atoms with Crippen molar-refractivity contribution in [1.82, 2.24) is 4.90 Å². The van der Waals surface area contributed by atoms with Gasteiger partial charge in [-0.2, -0.15) is 0 Å². The second-order valence-corrected chi connectivity index (χ2v) is 4.92. The van der Waals surface area contributed by atoms with Crippen LogP contribution in [-0.4, -0.2) is 18.0 Å². The smallest absolute Gasteiger partial charge is 0.125 e. The Balaban J connectivity index is 1.77. The molecule has 1 heterocycles. The summed E-state index contributed by atoms with van der Waals surface area (Å²) in [6.45, 7) is 3.60. The second-order valence-electron chi connectivity index (χ2n) is 4.92. The lowest BCUT2D eigenvalue weighted by Gasteiger charge is -2.19. The van der Waals surface area contributed by atoms with Gasteiger partial charge in [-0.05, 0) is 23.3 Å². The van der Waals surface area contributed by atoms with Crippen molar-refractivity contribution >= 4 is 5.69 Å². The molecule has 0 aliphatic carbocycles. The van der Waals surface area contributed by atoms with E-state index in [1.807, 2.05) is 12.1 Å². The number of fused-ring (bicyclic) bond motifs is 1. The van der Waals surface area contributed by atoms with Gasteiger partial charge < -0.3 is 5.32 Å². The van der Waals surface area contributed by atoms with Crippen molar-refractivity contribution in [1.29, 1.82) is 0 Å². The van der Waals surface area contributed by atoms with Gasteiger partial charge in [-0.3, -0.25) is 4.90 Å². The Morgan fingerprint density at radius 3 is 2.79 bits per heavy atom. The molecule has 0 spiro atoms. The summed E-state index contributed by atoms with van der Waals surface area (Å²) in [7, 11) is 0. The van der Waals surface area contributed by atoms with Gasteiger partial charge >= 0.3 is 0 Å². The molecule has 1 N–H and O–H groups in total. The summed E-state index contributed by atoms with van der Waals surface area (Å²) < 4.78 is 13.2. The zero-order chi connectivity index (χ0) is 13.1. The number of halogens is 1. The van der Waals surface area contributed by atoms with E-state index in [0.29, 0.717) is 0 Å². The van der Waals surface area contributed by atoms with Crippen LogP contribution in [0.1, 0.15) is 11.1 Å². The normalized spacial score (nSPS) is 15.4. The molecule has 0 saturated carbocycles. The van der Waals surface area contributed by atoms with Crippen LogP contribution in [0.25, 0.3) is 0 Å². The minimum atomic E-state index is -0.178. The SMILES string of the molecule is Fc1ccc2c(c1)NCCN(Cc1ccccc1)C2. The Hall–Kier alpha value is -1.87. The third-order valence-electron chi connectivity index (χ3n) is 3.46. The molecule has 3 heteroatoms. The molecule has 3 rings (SSSR count). The number of hydrogen-bond acceptors (Lipinski definition) is 2. The van der Waals surface area contributed by atoms with Crippen molar-refractivity contribution in [3.63, 3.8) is 0 Å². The minimum absolute atomic E-state index is 0.178. The largest absolute Gasteiger partial charge is 0.383 e. The van der Waals surface area contributed by atoms with E-state index in [4.69, 9.17) is 0 Å². The van der Waals surface area contributed by atoms with Gasteiger partial charge in [0.1, 0.15) is 5.82 Å². The van der Waals surface area contributed by atoms with Crippen LogP contribution in [0.4, 0.5) is 10.1 Å². The van der Waals surface area contributed by atoms with Gasteiger partial charge in [0.2, 0.25) is 0 Å². The highest BCUT2D eigenvalue weighted by Gasteiger charge is 2.14. The van der Waals surface area contributed by atoms with Gasteiger partial charge in [0.15, 0.2) is 0 Å². The summed E-state index contributed by atoms with van der Waals surface area (Å²) in [6, 6.07) is 15.4. The number of rotatable bonds is 2. The average molecular weight is 256 g/mol. The molecular formula is C16H17FN2. The fourth-order valence-corrected chi connectivity index (χ4v) is 2.50. The van der Waals surface area contributed by atoms with E-state index in [2.05, 4.69) is 34.5 Å². The van der Waals surface area contributed by atoms with Crippen LogP contribution in [0.3, 0.4) is 0 Å². The highest BCUT2D eigenvalue weighted by molar-refractivity contribution is 5.52. The number of benzene rings is 2. The molecule has 98 valence electrons. The van der Waals surface area contributed by atoms with Crippen molar-refractivity contribution < 1.29 is 4.39 Å². The number of nitrogens with zero attached hydrogens (tertiary/aromatic N) is 1. The van der Waals surface area contributed by atoms with E-state index < -0.39 is 0 Å². The maximum Gasteiger partial charge on any atom is 0.125 e. The first-order valence-electron chi connectivity index (χ1n) is 6.60. The van der Waals surface area contributed by atoms with Crippen LogP contribution in [0.5, 0.6) is 0 Å². The Morgan fingerprint density at radius 2 is 1.95 bits per heavy atom. The standard InChI is InChI=1S/C16H17FN2/c17-15-7-6-14-12-19(9-8-18-16(14)10-15)11-13-4-2-1-3-5-13/h1-7,10,18H,8-9,11-12H2. The summed E-state index contributed by atoms with van der Waals surface area (Å²) in [5.41, 5.74) is 3.40. The lowest BCUT2D eigenvalue weighted by Crippen LogP contribution is -2.25. The van der Waals surface area contributed by atoms with Gasteiger partial charge in [0.25, 0.3) is 0 Å². The minimum Gasteiger partial charge on any atom is -0.383 e. The van der Waals surface area contributed by atoms with Crippen LogP contribution in [0.15, 0.2) is 48.5 Å². The quantitative estimate of drug-likeness (QED) is 0.887. The van der Waals surface area contributed by atoms with Crippen molar-refractivity contribution in [2.75, 3.05) is 18.4 Å². The molecule has 1 aliphatic heterocycles. The first-order valence-corrected chi connectivity index (χ1v) is 6.60. The first-order chi connectivity index (χ1) is 9.31. The van der Waals surface area contributed by atoms with Crippen LogP contribution in [-0.2, 0) is 13.1 Å². The molecule has 0 fully saturated rings. The van der Waals surface area contributed by atoms with Gasteiger partial charge in [-0.1, -0.05) is 36.4 Å². The van der Waals surface area contributed by atoms with Gasteiger partial charge in [0.05, 0.1) is 0 Å². The van der Waals surface area contributed by atoms with Gasteiger partial charge in [0, 0.05) is 31.9 Å². The van der Waals surface area contributed by atoms with Crippen molar-refractivity contribution in [3.8, 4) is 0 Å². The Morgan fingerprint density at radius 1 is 1.11 bits per heavy atom. The molecule has 0 unspecified atom stereocenters. The predicted octanol–water partition coefficient (Wildman–Crippen LogP) is 3.25. The monoisotopic (exact) mass is 256 g/mol. The molecule has 0 bridgehead atoms. The number of anilines is 1. The molecule has 1 aliphatic rings. The van der Waals surface area contributed by atoms with Gasteiger partial charge in [-0.15, -0.1) is 0 Å². The number of hydrogen-bond donors (Lipinski definition) is 1. The Labute approximate surface area is 112 Å². The van der Waals surface area contributed by atoms with Crippen molar-refractivity contribution in [2.45, 2.75) is 13.1 Å². The van der Waals surface area contributed by atoms with E-state index in [0.717, 1.165) is 37.4 Å². The topological polar surface area (TPSA) is 15.3 Å². The third-order valence-corrected chi connectivity index (χ3v) is 3.46. The molecule has 2 aromatic rings. The second kappa shape index (κ2) is 5.41. The maximum absolute atomic E-state index is 13.2. The van der Waals surface area contributed by atoms with E-state index in [-0.39, 0.29) is 5.82 Å². The van der Waals surface area contributed by atoms with E-state index in [1.165, 1.54) is 11.6 Å². The summed E-state index contributed by atoms with van der Waals surface area (Å²) in [5.74, 6) is -0.178. The zero-order valence-electron chi connectivity index (χ0n) is 10.8. The van der Waals surface area contributed by atoms with Crippen LogP contribution >= 0.6 is 0 Å². The molecule has 0 atom stereocenters. The third kappa shape index (κ3) is 2.93. The molecule has 0 radical (unpaired) electrons.